The first-order valence-corrected chi connectivity index (χ1v) is 10.2. The van der Waals surface area contributed by atoms with Gasteiger partial charge in [-0.25, -0.2) is 0 Å². The molecule has 2 atom stereocenters. The summed E-state index contributed by atoms with van der Waals surface area (Å²) in [5, 5.41) is 44.9. The number of anilines is 1. The number of nitrogens with zero attached hydrogens (tertiary/aromatic N) is 1. The average molecular weight is 543 g/mol. The molecule has 4 N–H and O–H groups in total. The molecule has 33 heavy (non-hydrogen) atoms. The predicted octanol–water partition coefficient (Wildman–Crippen LogP) is 3.72. The zero-order chi connectivity index (χ0) is 23.7. The van der Waals surface area contributed by atoms with Crippen LogP contribution in [0, 0.1) is 22.7 Å². The SMILES string of the molecule is CC(c1ccc(C(F)(F)F)cc1)C(O)(O)N(c1cc[c-]cc1F)C(O)(O)C1(C)CC12CC2.[Y]. The molecule has 1 radical (unpaired) electrons. The van der Waals surface area contributed by atoms with E-state index in [4.69, 9.17) is 0 Å². The Morgan fingerprint density at radius 1 is 1.03 bits per heavy atom. The standard InChI is InChI=1S/C23H24F4NO4.Y/c1-14(15-7-9-16(10-8-15)21(25,26)27)22(29,30)28(18-6-4-3-5-17(18)24)23(31,32)19(2)13-20(19)11-12-20;/h4-10,14,29-32H,11-13H2,1-2H3;/q-1;. The first kappa shape index (κ1) is 26.5. The Morgan fingerprint density at radius 3 is 2.06 bits per heavy atom. The van der Waals surface area contributed by atoms with Crippen LogP contribution in [0.2, 0.25) is 0 Å². The second kappa shape index (κ2) is 8.24. The van der Waals surface area contributed by atoms with Gasteiger partial charge in [-0.05, 0) is 48.1 Å². The second-order valence-corrected chi connectivity index (χ2v) is 9.17. The summed E-state index contributed by atoms with van der Waals surface area (Å²) >= 11 is 0. The van der Waals surface area contributed by atoms with Crippen molar-refractivity contribution in [3.8, 4) is 0 Å². The molecule has 0 saturated heterocycles. The molecule has 2 saturated carbocycles. The minimum absolute atomic E-state index is 0. The summed E-state index contributed by atoms with van der Waals surface area (Å²) in [6.07, 6.45) is -2.72. The summed E-state index contributed by atoms with van der Waals surface area (Å²) in [4.78, 5) is 0.415. The summed E-state index contributed by atoms with van der Waals surface area (Å²) in [6.45, 7) is 2.87. The van der Waals surface area contributed by atoms with Crippen LogP contribution < -0.4 is 4.90 Å². The molecule has 2 aromatic carbocycles. The van der Waals surface area contributed by atoms with Gasteiger partial charge in [-0.3, -0.25) is 9.29 Å². The number of hydrogen-bond acceptors (Lipinski definition) is 5. The predicted molar refractivity (Wildman–Crippen MR) is 106 cm³/mol. The van der Waals surface area contributed by atoms with Gasteiger partial charge in [0.2, 0.25) is 0 Å². The molecule has 177 valence electrons. The van der Waals surface area contributed by atoms with Gasteiger partial charge in [0.1, 0.15) is 0 Å². The van der Waals surface area contributed by atoms with Crippen molar-refractivity contribution < 1.29 is 70.7 Å². The maximum Gasteiger partial charge on any atom is 0.416 e. The first-order chi connectivity index (χ1) is 14.7. The summed E-state index contributed by atoms with van der Waals surface area (Å²) in [6, 6.07) is 9.53. The Balaban J connectivity index is 0.00000306. The van der Waals surface area contributed by atoms with Crippen LogP contribution in [0.5, 0.6) is 0 Å². The van der Waals surface area contributed by atoms with Gasteiger partial charge in [-0.2, -0.15) is 25.3 Å². The van der Waals surface area contributed by atoms with E-state index in [2.05, 4.69) is 6.07 Å². The third kappa shape index (κ3) is 4.15. The third-order valence-electron chi connectivity index (χ3n) is 7.32. The van der Waals surface area contributed by atoms with Crippen molar-refractivity contribution in [2.24, 2.45) is 10.8 Å². The van der Waals surface area contributed by atoms with E-state index in [9.17, 15) is 38.0 Å². The fourth-order valence-electron chi connectivity index (χ4n) is 4.77. The molecule has 0 aromatic heterocycles. The van der Waals surface area contributed by atoms with Crippen molar-refractivity contribution in [2.75, 3.05) is 4.90 Å². The summed E-state index contributed by atoms with van der Waals surface area (Å²) < 4.78 is 53.4. The smallest absolute Gasteiger partial charge is 0.348 e. The molecule has 2 unspecified atom stereocenters. The van der Waals surface area contributed by atoms with Crippen LogP contribution in [0.4, 0.5) is 23.2 Å². The van der Waals surface area contributed by atoms with Gasteiger partial charge < -0.3 is 20.4 Å². The van der Waals surface area contributed by atoms with Crippen molar-refractivity contribution in [1.82, 2.24) is 0 Å². The molecule has 5 nitrogen and oxygen atoms in total. The minimum Gasteiger partial charge on any atom is -0.348 e. The van der Waals surface area contributed by atoms with Gasteiger partial charge in [0.25, 0.3) is 11.8 Å². The van der Waals surface area contributed by atoms with E-state index >= 15 is 0 Å². The zero-order valence-corrected chi connectivity index (χ0v) is 20.9. The molecule has 2 aliphatic carbocycles. The van der Waals surface area contributed by atoms with E-state index < -0.39 is 46.4 Å². The number of halogens is 4. The van der Waals surface area contributed by atoms with E-state index in [1.807, 2.05) is 0 Å². The number of alkyl halides is 3. The van der Waals surface area contributed by atoms with Crippen molar-refractivity contribution in [1.29, 1.82) is 0 Å². The van der Waals surface area contributed by atoms with Gasteiger partial charge in [0.05, 0.1) is 11.5 Å². The fraction of sp³-hybridized carbons (Fsp3) is 0.478. The van der Waals surface area contributed by atoms with E-state index in [1.165, 1.54) is 13.0 Å². The third-order valence-corrected chi connectivity index (χ3v) is 7.32. The van der Waals surface area contributed by atoms with E-state index in [0.717, 1.165) is 49.2 Å². The molecule has 2 aromatic rings. The number of rotatable bonds is 6. The molecule has 1 spiro atoms. The first-order valence-electron chi connectivity index (χ1n) is 10.2. The van der Waals surface area contributed by atoms with Gasteiger partial charge in [0, 0.05) is 43.9 Å². The Morgan fingerprint density at radius 2 is 1.61 bits per heavy atom. The Kier molecular flexibility index (Phi) is 6.62. The van der Waals surface area contributed by atoms with Crippen molar-refractivity contribution in [2.45, 2.75) is 57.0 Å². The molecular formula is C23H24F4NO4Y-. The van der Waals surface area contributed by atoms with Crippen molar-refractivity contribution in [3.63, 3.8) is 0 Å². The van der Waals surface area contributed by atoms with Crippen LogP contribution in [0.25, 0.3) is 0 Å². The van der Waals surface area contributed by atoms with Crippen LogP contribution in [0.15, 0.2) is 42.5 Å². The van der Waals surface area contributed by atoms with Crippen molar-refractivity contribution >= 4 is 5.69 Å². The number of hydrogen-bond donors (Lipinski definition) is 4. The van der Waals surface area contributed by atoms with E-state index in [1.54, 1.807) is 6.92 Å². The quantitative estimate of drug-likeness (QED) is 0.254. The van der Waals surface area contributed by atoms with Crippen LogP contribution >= 0.6 is 0 Å². The van der Waals surface area contributed by atoms with Crippen LogP contribution in [-0.2, 0) is 38.9 Å². The molecule has 0 bridgehead atoms. The molecule has 2 fully saturated rings. The topological polar surface area (TPSA) is 84.2 Å². The largest absolute Gasteiger partial charge is 0.416 e. The Bertz CT molecular complexity index is 1020. The molecule has 2 aliphatic rings. The van der Waals surface area contributed by atoms with E-state index in [0.29, 0.717) is 11.3 Å². The summed E-state index contributed by atoms with van der Waals surface area (Å²) in [5.74, 6) is -8.27. The minimum atomic E-state index is -4.57. The normalized spacial score (nSPS) is 22.5. The second-order valence-electron chi connectivity index (χ2n) is 9.17. The van der Waals surface area contributed by atoms with Gasteiger partial charge >= 0.3 is 6.18 Å². The summed E-state index contributed by atoms with van der Waals surface area (Å²) in [5.41, 5.74) is -2.87. The molecule has 0 aliphatic heterocycles. The molecular weight excluding hydrogens is 519 g/mol. The van der Waals surface area contributed by atoms with Crippen LogP contribution in [-0.4, -0.2) is 32.2 Å². The molecule has 0 heterocycles. The van der Waals surface area contributed by atoms with Crippen LogP contribution in [0.3, 0.4) is 0 Å². The Labute approximate surface area is 213 Å². The average Bonchev–Trinajstić information content (AvgIpc) is 3.60. The summed E-state index contributed by atoms with van der Waals surface area (Å²) in [7, 11) is 0. The van der Waals surface area contributed by atoms with Crippen LogP contribution in [0.1, 0.15) is 50.2 Å². The van der Waals surface area contributed by atoms with Gasteiger partial charge in [-0.15, -0.1) is 12.1 Å². The Hall–Kier alpha value is -1.10. The zero-order valence-electron chi connectivity index (χ0n) is 18.1. The van der Waals surface area contributed by atoms with Gasteiger partial charge in [-0.1, -0.05) is 26.0 Å². The maximum absolute atomic E-state index is 14.7. The maximum atomic E-state index is 14.7. The fourth-order valence-corrected chi connectivity index (χ4v) is 4.77. The molecule has 10 heteroatoms. The van der Waals surface area contributed by atoms with E-state index in [-0.39, 0.29) is 43.7 Å². The number of aliphatic hydroxyl groups is 4. The molecule has 0 amide bonds. The molecule has 4 rings (SSSR count). The van der Waals surface area contributed by atoms with Crippen molar-refractivity contribution in [3.05, 3.63) is 65.5 Å². The monoisotopic (exact) mass is 543 g/mol. The van der Waals surface area contributed by atoms with Gasteiger partial charge in [0.15, 0.2) is 0 Å². The number of benzene rings is 2.